The topological polar surface area (TPSA) is 124 Å². The molecule has 0 radical (unpaired) electrons. The van der Waals surface area contributed by atoms with Gasteiger partial charge in [0.05, 0.1) is 11.7 Å². The van der Waals surface area contributed by atoms with Crippen LogP contribution in [0.5, 0.6) is 11.5 Å². The molecule has 0 spiro atoms. The smallest absolute Gasteiger partial charge is 0.255 e. The first-order valence-electron chi connectivity index (χ1n) is 13.5. The number of anilines is 1. The number of methoxy groups -OCH3 is 1. The van der Waals surface area contributed by atoms with Crippen LogP contribution in [0.15, 0.2) is 43.0 Å². The number of piperazine rings is 1. The van der Waals surface area contributed by atoms with Crippen LogP contribution in [0.1, 0.15) is 37.4 Å². The van der Waals surface area contributed by atoms with Crippen molar-refractivity contribution in [1.82, 2.24) is 29.7 Å². The van der Waals surface area contributed by atoms with Crippen molar-refractivity contribution >= 4 is 17.6 Å². The number of aromatic nitrogens is 4. The van der Waals surface area contributed by atoms with Crippen molar-refractivity contribution in [1.29, 1.82) is 0 Å². The zero-order chi connectivity index (χ0) is 28.1. The molecule has 1 saturated heterocycles. The molecule has 4 heterocycles. The van der Waals surface area contributed by atoms with E-state index in [-0.39, 0.29) is 50.1 Å². The lowest BCUT2D eigenvalue weighted by molar-refractivity contribution is -0.147. The van der Waals surface area contributed by atoms with Crippen molar-refractivity contribution in [2.45, 2.75) is 38.6 Å². The van der Waals surface area contributed by atoms with Crippen LogP contribution >= 0.6 is 0 Å². The molecule has 2 amide bonds. The Labute approximate surface area is 233 Å². The molecule has 2 aliphatic rings. The average molecular weight is 550 g/mol. The van der Waals surface area contributed by atoms with E-state index in [1.165, 1.54) is 12.0 Å². The minimum Gasteiger partial charge on any atom is -0.454 e. The number of nitrogens with one attached hydrogen (secondary N) is 1. The molecule has 212 valence electrons. The number of hydrogen-bond acceptors (Lipinski definition) is 10. The van der Waals surface area contributed by atoms with Crippen molar-refractivity contribution in [3.8, 4) is 17.4 Å². The van der Waals surface area contributed by atoms with Gasteiger partial charge in [-0.05, 0) is 30.0 Å². The molecule has 1 unspecified atom stereocenters. The van der Waals surface area contributed by atoms with E-state index in [9.17, 15) is 9.59 Å². The van der Waals surface area contributed by atoms with E-state index in [1.807, 2.05) is 24.3 Å². The lowest BCUT2D eigenvalue weighted by Crippen LogP contribution is -2.54. The molecule has 1 aromatic carbocycles. The van der Waals surface area contributed by atoms with E-state index in [0.717, 1.165) is 23.6 Å². The highest BCUT2D eigenvalue weighted by molar-refractivity contribution is 5.96. The third-order valence-electron chi connectivity index (χ3n) is 7.03. The molecule has 1 N–H and O–H groups in total. The average Bonchev–Trinajstić information content (AvgIpc) is 3.66. The number of imide groups is 1. The van der Waals surface area contributed by atoms with Gasteiger partial charge in [0.1, 0.15) is 18.8 Å². The summed E-state index contributed by atoms with van der Waals surface area (Å²) in [5, 5.41) is 3.39. The van der Waals surface area contributed by atoms with Crippen molar-refractivity contribution in [3.05, 3.63) is 54.2 Å². The number of carbonyl (C=O) groups is 2. The summed E-state index contributed by atoms with van der Waals surface area (Å²) in [7, 11) is 1.45. The standard InChI is InChI=1S/C28H35N7O5/c1-19(2)22-14-25(32-28(31-22)33-10-7-30-17-33)34-11-8-29-15-21(34)13-26(36)35(27(37)16-38-3)9-6-20-4-5-23-24(12-20)40-18-39-23/h4-5,7,10,12,14,17,19,21,29H,6,8-9,11,13,15-16,18H2,1-3H3. The predicted molar refractivity (Wildman–Crippen MR) is 147 cm³/mol. The van der Waals surface area contributed by atoms with Crippen LogP contribution in [0.25, 0.3) is 5.95 Å². The van der Waals surface area contributed by atoms with Gasteiger partial charge in [-0.1, -0.05) is 19.9 Å². The van der Waals surface area contributed by atoms with Crippen LogP contribution in [0.4, 0.5) is 5.82 Å². The highest BCUT2D eigenvalue weighted by Gasteiger charge is 2.31. The molecular formula is C28H35N7O5. The molecule has 1 fully saturated rings. The number of amides is 2. The second kappa shape index (κ2) is 12.4. The van der Waals surface area contributed by atoms with Crippen LogP contribution in [0, 0.1) is 0 Å². The molecule has 5 rings (SSSR count). The molecule has 2 aliphatic heterocycles. The Hall–Kier alpha value is -4.03. The van der Waals surface area contributed by atoms with Gasteiger partial charge in [-0.25, -0.2) is 9.97 Å². The number of rotatable bonds is 10. The molecule has 1 atom stereocenters. The largest absolute Gasteiger partial charge is 0.454 e. The van der Waals surface area contributed by atoms with Crippen LogP contribution in [-0.4, -0.2) is 89.0 Å². The van der Waals surface area contributed by atoms with E-state index in [0.29, 0.717) is 37.0 Å². The summed E-state index contributed by atoms with van der Waals surface area (Å²) < 4.78 is 17.7. The van der Waals surface area contributed by atoms with Gasteiger partial charge < -0.3 is 24.4 Å². The monoisotopic (exact) mass is 549 g/mol. The molecule has 0 saturated carbocycles. The molecule has 12 nitrogen and oxygen atoms in total. The second-order valence-corrected chi connectivity index (χ2v) is 10.1. The Morgan fingerprint density at radius 1 is 1.18 bits per heavy atom. The Morgan fingerprint density at radius 2 is 2.02 bits per heavy atom. The number of benzene rings is 1. The summed E-state index contributed by atoms with van der Waals surface area (Å²) >= 11 is 0. The minimum absolute atomic E-state index is 0.144. The SMILES string of the molecule is COCC(=O)N(CCc1ccc2c(c1)OCO2)C(=O)CC1CNCCN1c1cc(C(C)C)nc(-n2ccnc2)n1. The second-order valence-electron chi connectivity index (χ2n) is 10.1. The van der Waals surface area contributed by atoms with Gasteiger partial charge in [0.2, 0.25) is 18.6 Å². The summed E-state index contributed by atoms with van der Waals surface area (Å²) in [6.45, 7) is 6.43. The zero-order valence-electron chi connectivity index (χ0n) is 23.1. The molecule has 3 aromatic rings. The van der Waals surface area contributed by atoms with Gasteiger partial charge >= 0.3 is 0 Å². The maximum Gasteiger partial charge on any atom is 0.255 e. The molecule has 40 heavy (non-hydrogen) atoms. The number of imidazole rings is 1. The normalized spacial score (nSPS) is 16.4. The summed E-state index contributed by atoms with van der Waals surface area (Å²) in [6.07, 6.45) is 5.79. The van der Waals surface area contributed by atoms with Gasteiger partial charge in [-0.2, -0.15) is 4.98 Å². The first-order valence-corrected chi connectivity index (χ1v) is 13.5. The third kappa shape index (κ3) is 6.23. The van der Waals surface area contributed by atoms with Crippen LogP contribution in [0.2, 0.25) is 0 Å². The summed E-state index contributed by atoms with van der Waals surface area (Å²) in [4.78, 5) is 43.7. The number of hydrogen-bond donors (Lipinski definition) is 1. The quantitative estimate of drug-likeness (QED) is 0.401. The van der Waals surface area contributed by atoms with Gasteiger partial charge in [0, 0.05) is 58.2 Å². The lowest BCUT2D eigenvalue weighted by atomic mass is 10.1. The lowest BCUT2D eigenvalue weighted by Gasteiger charge is -2.38. The van der Waals surface area contributed by atoms with E-state index in [4.69, 9.17) is 24.2 Å². The fraction of sp³-hybridized carbons (Fsp3) is 0.464. The van der Waals surface area contributed by atoms with E-state index >= 15 is 0 Å². The molecule has 12 heteroatoms. The molecule has 0 bridgehead atoms. The highest BCUT2D eigenvalue weighted by atomic mass is 16.7. The predicted octanol–water partition coefficient (Wildman–Crippen LogP) is 1.93. The minimum atomic E-state index is -0.366. The van der Waals surface area contributed by atoms with Crippen molar-refractivity contribution in [2.24, 2.45) is 0 Å². The Kier molecular flexibility index (Phi) is 8.56. The van der Waals surface area contributed by atoms with Crippen LogP contribution < -0.4 is 19.7 Å². The van der Waals surface area contributed by atoms with Crippen LogP contribution in [-0.2, 0) is 20.7 Å². The summed E-state index contributed by atoms with van der Waals surface area (Å²) in [5.74, 6) is 2.21. The Balaban J connectivity index is 1.35. The molecule has 2 aromatic heterocycles. The van der Waals surface area contributed by atoms with E-state index < -0.39 is 0 Å². The fourth-order valence-electron chi connectivity index (χ4n) is 4.86. The maximum absolute atomic E-state index is 13.6. The van der Waals surface area contributed by atoms with Gasteiger partial charge in [0.15, 0.2) is 11.5 Å². The van der Waals surface area contributed by atoms with Crippen LogP contribution in [0.3, 0.4) is 0 Å². The third-order valence-corrected chi connectivity index (χ3v) is 7.03. The van der Waals surface area contributed by atoms with E-state index in [2.05, 4.69) is 29.0 Å². The van der Waals surface area contributed by atoms with Gasteiger partial charge in [-0.15, -0.1) is 0 Å². The number of ether oxygens (including phenoxy) is 3. The van der Waals surface area contributed by atoms with Gasteiger partial charge in [0.25, 0.3) is 5.91 Å². The van der Waals surface area contributed by atoms with Crippen molar-refractivity contribution in [2.75, 3.05) is 51.6 Å². The molecular weight excluding hydrogens is 514 g/mol. The van der Waals surface area contributed by atoms with Crippen molar-refractivity contribution in [3.63, 3.8) is 0 Å². The Morgan fingerprint density at radius 3 is 2.80 bits per heavy atom. The molecule has 0 aliphatic carbocycles. The fourth-order valence-corrected chi connectivity index (χ4v) is 4.86. The highest BCUT2D eigenvalue weighted by Crippen LogP contribution is 2.32. The number of fused-ring (bicyclic) bond motifs is 1. The Bertz CT molecular complexity index is 1330. The number of carbonyl (C=O) groups excluding carboxylic acids is 2. The van der Waals surface area contributed by atoms with Crippen molar-refractivity contribution < 1.29 is 23.8 Å². The summed E-state index contributed by atoms with van der Waals surface area (Å²) in [6, 6.07) is 7.44. The summed E-state index contributed by atoms with van der Waals surface area (Å²) in [5.41, 5.74) is 1.85. The maximum atomic E-state index is 13.6. The number of nitrogens with zero attached hydrogens (tertiary/aromatic N) is 6. The first-order chi connectivity index (χ1) is 19.4. The zero-order valence-corrected chi connectivity index (χ0v) is 23.1. The first kappa shape index (κ1) is 27.5. The van der Waals surface area contributed by atoms with E-state index in [1.54, 1.807) is 23.3 Å². The van der Waals surface area contributed by atoms with Gasteiger partial charge in [-0.3, -0.25) is 19.1 Å².